The maximum Gasteiger partial charge on any atom is 0.251 e. The number of fused-ring (bicyclic) bond motifs is 3. The number of hydrogen-bond donors (Lipinski definition) is 3. The molecule has 4 heterocycles. The number of ether oxygens (including phenoxy) is 2. The Bertz CT molecular complexity index is 1650. The molecule has 0 unspecified atom stereocenters. The number of rotatable bonds is 6. The molecule has 1 saturated heterocycles. The van der Waals surface area contributed by atoms with E-state index in [1.54, 1.807) is 12.0 Å². The summed E-state index contributed by atoms with van der Waals surface area (Å²) in [5, 5.41) is 14.6. The summed E-state index contributed by atoms with van der Waals surface area (Å²) in [6, 6.07) is 11.7. The molecule has 12 heteroatoms. The second kappa shape index (κ2) is 8.77. The van der Waals surface area contributed by atoms with Gasteiger partial charge in [-0.15, -0.1) is 0 Å². The number of alkyl halides is 2. The van der Waals surface area contributed by atoms with Gasteiger partial charge >= 0.3 is 0 Å². The third-order valence-corrected chi connectivity index (χ3v) is 8.29. The van der Waals surface area contributed by atoms with Crippen molar-refractivity contribution < 1.29 is 23.0 Å². The lowest BCUT2D eigenvalue weighted by Crippen LogP contribution is -2.40. The molecule has 1 aliphatic carbocycles. The third-order valence-electron chi connectivity index (χ3n) is 8.29. The zero-order chi connectivity index (χ0) is 27.6. The largest absolute Gasteiger partial charge is 0.497 e. The summed E-state index contributed by atoms with van der Waals surface area (Å²) in [6.07, 6.45) is 1.77. The Hall–Kier alpha value is -4.48. The van der Waals surface area contributed by atoms with Crippen LogP contribution in [0.4, 0.5) is 32.1 Å². The summed E-state index contributed by atoms with van der Waals surface area (Å²) in [5.41, 5.74) is 3.05. The Labute approximate surface area is 228 Å². The van der Waals surface area contributed by atoms with E-state index < -0.39 is 11.3 Å². The van der Waals surface area contributed by atoms with Crippen molar-refractivity contribution in [2.75, 3.05) is 42.8 Å². The van der Waals surface area contributed by atoms with Crippen molar-refractivity contribution in [3.8, 4) is 11.5 Å². The fraction of sp³-hybridized carbons (Fsp3) is 0.357. The highest BCUT2D eigenvalue weighted by Gasteiger charge is 2.65. The van der Waals surface area contributed by atoms with Crippen LogP contribution in [0, 0.1) is 0 Å². The van der Waals surface area contributed by atoms with Crippen LogP contribution in [0.25, 0.3) is 10.9 Å². The Balaban J connectivity index is 1.15. The molecule has 40 heavy (non-hydrogen) atoms. The smallest absolute Gasteiger partial charge is 0.251 e. The van der Waals surface area contributed by atoms with Crippen molar-refractivity contribution >= 4 is 40.1 Å². The van der Waals surface area contributed by atoms with Crippen molar-refractivity contribution in [1.29, 1.82) is 0 Å². The molecule has 2 aromatic carbocycles. The minimum atomic E-state index is -2.66. The van der Waals surface area contributed by atoms with Crippen molar-refractivity contribution in [2.24, 2.45) is 0 Å². The van der Waals surface area contributed by atoms with Crippen LogP contribution in [0.1, 0.15) is 36.3 Å². The molecular weight excluding hydrogens is 520 g/mol. The molecule has 0 radical (unpaired) electrons. The molecule has 1 saturated carbocycles. The first-order chi connectivity index (χ1) is 19.3. The predicted octanol–water partition coefficient (Wildman–Crippen LogP) is 4.73. The van der Waals surface area contributed by atoms with E-state index in [0.29, 0.717) is 29.8 Å². The number of carbonyl (C=O) groups excluding carboxylic acids is 1. The molecule has 10 nitrogen and oxygen atoms in total. The summed E-state index contributed by atoms with van der Waals surface area (Å²) >= 11 is 0. The highest BCUT2D eigenvalue weighted by atomic mass is 19.3. The number of nitrogens with one attached hydrogen (secondary N) is 3. The normalized spacial score (nSPS) is 22.8. The Morgan fingerprint density at radius 3 is 2.67 bits per heavy atom. The number of aromatic amines is 1. The summed E-state index contributed by atoms with van der Waals surface area (Å²) in [7, 11) is 3.13. The van der Waals surface area contributed by atoms with Gasteiger partial charge in [-0.05, 0) is 47.9 Å². The van der Waals surface area contributed by atoms with Crippen LogP contribution >= 0.6 is 0 Å². The Morgan fingerprint density at radius 2 is 1.90 bits per heavy atom. The molecule has 2 aromatic heterocycles. The fourth-order valence-electron chi connectivity index (χ4n) is 5.95. The second-order valence-corrected chi connectivity index (χ2v) is 10.5. The summed E-state index contributed by atoms with van der Waals surface area (Å²) in [4.78, 5) is 23.7. The van der Waals surface area contributed by atoms with E-state index in [1.807, 2.05) is 36.4 Å². The number of H-pyrrole nitrogens is 1. The van der Waals surface area contributed by atoms with Gasteiger partial charge in [0.15, 0.2) is 17.4 Å². The molecule has 4 aromatic rings. The van der Waals surface area contributed by atoms with Gasteiger partial charge in [-0.2, -0.15) is 10.1 Å². The van der Waals surface area contributed by atoms with Crippen LogP contribution in [-0.2, 0) is 10.2 Å². The number of anilines is 4. The second-order valence-electron chi connectivity index (χ2n) is 10.5. The monoisotopic (exact) mass is 547 g/mol. The van der Waals surface area contributed by atoms with Crippen molar-refractivity contribution in [3.63, 3.8) is 0 Å². The Kier molecular flexibility index (Phi) is 5.38. The van der Waals surface area contributed by atoms with E-state index >= 15 is 0 Å². The first-order valence-electron chi connectivity index (χ1n) is 13.1. The lowest BCUT2D eigenvalue weighted by Gasteiger charge is -2.31. The zero-order valence-corrected chi connectivity index (χ0v) is 21.9. The summed E-state index contributed by atoms with van der Waals surface area (Å²) in [6.45, 7) is 0.343. The SMILES string of the molecule is COc1ccc2c(c1)[C@]1(C[C@H]1c1ccc3c(Nc4nc(N5CCC(F)(F)CC5)ncc4OC)n[nH]c3c1)C(=O)N2. The van der Waals surface area contributed by atoms with Gasteiger partial charge in [0, 0.05) is 42.9 Å². The van der Waals surface area contributed by atoms with Crippen molar-refractivity contribution in [3.05, 3.63) is 53.7 Å². The number of piperidine rings is 1. The van der Waals surface area contributed by atoms with Gasteiger partial charge in [0.25, 0.3) is 5.92 Å². The van der Waals surface area contributed by atoms with Gasteiger partial charge in [-0.25, -0.2) is 13.8 Å². The predicted molar refractivity (Wildman–Crippen MR) is 145 cm³/mol. The van der Waals surface area contributed by atoms with Crippen LogP contribution in [0.3, 0.4) is 0 Å². The molecule has 1 spiro atoms. The molecule has 2 aliphatic heterocycles. The molecule has 2 atom stereocenters. The van der Waals surface area contributed by atoms with Gasteiger partial charge < -0.3 is 25.0 Å². The lowest BCUT2D eigenvalue weighted by molar-refractivity contribution is -0.118. The quantitative estimate of drug-likeness (QED) is 0.317. The zero-order valence-electron chi connectivity index (χ0n) is 21.9. The molecule has 1 amide bonds. The molecule has 3 N–H and O–H groups in total. The Morgan fingerprint density at radius 1 is 1.07 bits per heavy atom. The van der Waals surface area contributed by atoms with Crippen LogP contribution < -0.4 is 25.0 Å². The van der Waals surface area contributed by atoms with Crippen molar-refractivity contribution in [1.82, 2.24) is 20.2 Å². The van der Waals surface area contributed by atoms with Gasteiger partial charge in [-0.3, -0.25) is 9.89 Å². The first-order valence-corrected chi connectivity index (χ1v) is 13.1. The average Bonchev–Trinajstić information content (AvgIpc) is 3.51. The van der Waals surface area contributed by atoms with Gasteiger partial charge in [0.1, 0.15) is 5.75 Å². The number of amides is 1. The maximum atomic E-state index is 13.6. The highest BCUT2D eigenvalue weighted by Crippen LogP contribution is 2.65. The van der Waals surface area contributed by atoms with Gasteiger partial charge in [0.05, 0.1) is 31.3 Å². The van der Waals surface area contributed by atoms with E-state index in [4.69, 9.17) is 9.47 Å². The topological polar surface area (TPSA) is 117 Å². The maximum absolute atomic E-state index is 13.6. The number of aromatic nitrogens is 4. The van der Waals surface area contributed by atoms with Crippen LogP contribution in [0.15, 0.2) is 42.6 Å². The van der Waals surface area contributed by atoms with Gasteiger partial charge in [-0.1, -0.05) is 6.07 Å². The van der Waals surface area contributed by atoms with E-state index in [0.717, 1.165) is 33.5 Å². The number of methoxy groups -OCH3 is 2. The van der Waals surface area contributed by atoms with E-state index in [2.05, 4.69) is 30.8 Å². The molecular formula is C28H27F2N7O3. The van der Waals surface area contributed by atoms with Gasteiger partial charge in [0.2, 0.25) is 11.9 Å². The molecule has 206 valence electrons. The number of carbonyl (C=O) groups is 1. The van der Waals surface area contributed by atoms with E-state index in [1.165, 1.54) is 13.3 Å². The van der Waals surface area contributed by atoms with Crippen LogP contribution in [-0.4, -0.2) is 59.3 Å². The number of hydrogen-bond acceptors (Lipinski definition) is 8. The minimum absolute atomic E-state index is 0.0110. The van der Waals surface area contributed by atoms with Crippen molar-refractivity contribution in [2.45, 2.75) is 36.5 Å². The average molecular weight is 548 g/mol. The number of halogens is 2. The lowest BCUT2D eigenvalue weighted by atomic mass is 9.91. The third kappa shape index (κ3) is 3.81. The minimum Gasteiger partial charge on any atom is -0.497 e. The summed E-state index contributed by atoms with van der Waals surface area (Å²) in [5.74, 6) is -0.211. The summed E-state index contributed by atoms with van der Waals surface area (Å²) < 4.78 is 38.1. The van der Waals surface area contributed by atoms with Crippen LogP contribution in [0.2, 0.25) is 0 Å². The fourth-order valence-corrected chi connectivity index (χ4v) is 5.95. The highest BCUT2D eigenvalue weighted by molar-refractivity contribution is 6.10. The first kappa shape index (κ1) is 24.6. The number of nitrogens with zero attached hydrogens (tertiary/aromatic N) is 4. The van der Waals surface area contributed by atoms with E-state index in [-0.39, 0.29) is 37.8 Å². The molecule has 2 fully saturated rings. The molecule has 7 rings (SSSR count). The van der Waals surface area contributed by atoms with Crippen LogP contribution in [0.5, 0.6) is 11.5 Å². The standard InChI is InChI=1S/C28H27F2N7O3/c1-39-16-4-6-20-18(12-16)28(25(38)32-20)13-19(28)15-3-5-17-21(11-15)35-36-23(17)33-24-22(40-2)14-31-26(34-24)37-9-7-27(29,30)8-10-37/h3-6,11-12,14,19H,7-10,13H2,1-2H3,(H,32,38)(H2,31,33,34,35,36)/t19-,28-/m0/s1. The number of benzene rings is 2. The van der Waals surface area contributed by atoms with E-state index in [9.17, 15) is 13.6 Å². The molecule has 0 bridgehead atoms. The molecule has 3 aliphatic rings.